The van der Waals surface area contributed by atoms with E-state index in [4.69, 9.17) is 0 Å². The average Bonchev–Trinajstić information content (AvgIpc) is 2.78. The summed E-state index contributed by atoms with van der Waals surface area (Å²) in [4.78, 5) is 24.6. The van der Waals surface area contributed by atoms with Gasteiger partial charge < -0.3 is 10.2 Å². The number of nitrogens with one attached hydrogen (secondary N) is 1. The first-order valence-electron chi connectivity index (χ1n) is 12.0. The van der Waals surface area contributed by atoms with Crippen LogP contribution in [0.15, 0.2) is 24.5 Å². The van der Waals surface area contributed by atoms with Crippen molar-refractivity contribution in [2.45, 2.75) is 51.3 Å². The van der Waals surface area contributed by atoms with Crippen LogP contribution in [0.3, 0.4) is 0 Å². The van der Waals surface area contributed by atoms with Crippen LogP contribution in [-0.2, 0) is 11.0 Å². The Balaban J connectivity index is 1.41. The van der Waals surface area contributed by atoms with Crippen molar-refractivity contribution < 1.29 is 26.7 Å². The summed E-state index contributed by atoms with van der Waals surface area (Å²) in [5, 5.41) is 3.09. The maximum atomic E-state index is 13.5. The second-order valence-electron chi connectivity index (χ2n) is 9.73. The molecule has 1 aromatic carbocycles. The minimum absolute atomic E-state index is 0.0755. The highest BCUT2D eigenvalue weighted by Crippen LogP contribution is 2.37. The number of alkyl halides is 5. The van der Waals surface area contributed by atoms with Crippen LogP contribution >= 0.6 is 0 Å². The van der Waals surface area contributed by atoms with Gasteiger partial charge in [0.25, 0.3) is 6.43 Å². The predicted molar refractivity (Wildman–Crippen MR) is 122 cm³/mol. The van der Waals surface area contributed by atoms with Gasteiger partial charge in [0, 0.05) is 37.9 Å². The molecule has 0 aliphatic carbocycles. The van der Waals surface area contributed by atoms with Gasteiger partial charge in [-0.15, -0.1) is 0 Å². The van der Waals surface area contributed by atoms with E-state index < -0.39 is 18.2 Å². The molecule has 0 radical (unpaired) electrons. The molecule has 11 heteroatoms. The summed E-state index contributed by atoms with van der Waals surface area (Å²) in [6.45, 7) is 4.04. The summed E-state index contributed by atoms with van der Waals surface area (Å²) >= 11 is 0. The molecule has 6 nitrogen and oxygen atoms in total. The van der Waals surface area contributed by atoms with Crippen LogP contribution in [-0.4, -0.2) is 66.0 Å². The van der Waals surface area contributed by atoms with Gasteiger partial charge in [0.05, 0.1) is 17.8 Å². The Morgan fingerprint density at radius 2 is 1.80 bits per heavy atom. The monoisotopic (exact) mass is 499 g/mol. The molecule has 1 amide bonds. The number of carbonyl (C=O) groups excluding carboxylic acids is 1. The highest BCUT2D eigenvalue weighted by Gasteiger charge is 2.35. The SMILES string of the molecule is C[C@@H]1C[C@@H](NC(=O)CC2CCN(CC(F)F)CC2)CN(c2ccc(C(F)(F)F)c3nccnc23)C1. The minimum Gasteiger partial charge on any atom is -0.367 e. The number of anilines is 1. The third-order valence-corrected chi connectivity index (χ3v) is 6.85. The number of benzene rings is 1. The van der Waals surface area contributed by atoms with E-state index in [0.29, 0.717) is 51.1 Å². The number of amides is 1. The Kier molecular flexibility index (Phi) is 7.73. The molecule has 3 heterocycles. The largest absolute Gasteiger partial charge is 0.418 e. The van der Waals surface area contributed by atoms with Crippen LogP contribution in [0.1, 0.15) is 38.2 Å². The van der Waals surface area contributed by atoms with Crippen molar-refractivity contribution >= 4 is 22.6 Å². The van der Waals surface area contributed by atoms with E-state index in [2.05, 4.69) is 15.3 Å². The molecule has 2 fully saturated rings. The second kappa shape index (κ2) is 10.6. The number of rotatable bonds is 6. The van der Waals surface area contributed by atoms with Crippen molar-refractivity contribution in [3.8, 4) is 0 Å². The molecule has 2 aromatic rings. The fraction of sp³-hybridized carbons (Fsp3) is 0.625. The fourth-order valence-corrected chi connectivity index (χ4v) is 5.30. The maximum Gasteiger partial charge on any atom is 0.418 e. The number of likely N-dealkylation sites (tertiary alicyclic amines) is 1. The minimum atomic E-state index is -4.53. The van der Waals surface area contributed by atoms with E-state index >= 15 is 0 Å². The van der Waals surface area contributed by atoms with E-state index in [1.165, 1.54) is 18.5 Å². The van der Waals surface area contributed by atoms with Gasteiger partial charge in [-0.2, -0.15) is 13.2 Å². The molecule has 0 unspecified atom stereocenters. The lowest BCUT2D eigenvalue weighted by molar-refractivity contribution is -0.136. The standard InChI is InChI=1S/C24H30F5N5O/c1-15-10-17(32-21(35)11-16-4-8-33(9-5-16)14-20(25)26)13-34(12-15)19-3-2-18(24(27,28)29)22-23(19)31-7-6-30-22/h2-3,6-7,15-17,20H,4-5,8-14H2,1H3,(H,32,35)/t15-,17-/m1/s1. The van der Waals surface area contributed by atoms with Crippen LogP contribution in [0.5, 0.6) is 0 Å². The van der Waals surface area contributed by atoms with Crippen LogP contribution in [0, 0.1) is 11.8 Å². The summed E-state index contributed by atoms with van der Waals surface area (Å²) in [5.41, 5.74) is -0.247. The van der Waals surface area contributed by atoms with Crippen LogP contribution < -0.4 is 10.2 Å². The first-order valence-corrected chi connectivity index (χ1v) is 12.0. The molecule has 35 heavy (non-hydrogen) atoms. The Labute approximate surface area is 200 Å². The Morgan fingerprint density at radius 1 is 1.11 bits per heavy atom. The average molecular weight is 500 g/mol. The molecule has 0 saturated carbocycles. The topological polar surface area (TPSA) is 61.4 Å². The number of aromatic nitrogens is 2. The van der Waals surface area contributed by atoms with Crippen molar-refractivity contribution in [2.75, 3.05) is 37.6 Å². The van der Waals surface area contributed by atoms with E-state index in [-0.39, 0.29) is 41.4 Å². The molecule has 0 spiro atoms. The van der Waals surface area contributed by atoms with Gasteiger partial charge in [0.15, 0.2) is 0 Å². The number of halogens is 5. The fourth-order valence-electron chi connectivity index (χ4n) is 5.30. The zero-order valence-corrected chi connectivity index (χ0v) is 19.6. The van der Waals surface area contributed by atoms with E-state index in [1.807, 2.05) is 11.8 Å². The first kappa shape index (κ1) is 25.5. The molecule has 2 saturated heterocycles. The maximum absolute atomic E-state index is 13.5. The Hall–Kier alpha value is -2.56. The molecular weight excluding hydrogens is 469 g/mol. The highest BCUT2D eigenvalue weighted by molar-refractivity contribution is 5.91. The number of fused-ring (bicyclic) bond motifs is 1. The van der Waals surface area contributed by atoms with E-state index in [1.54, 1.807) is 4.90 Å². The van der Waals surface area contributed by atoms with Crippen molar-refractivity contribution in [3.05, 3.63) is 30.1 Å². The predicted octanol–water partition coefficient (Wildman–Crippen LogP) is 4.35. The van der Waals surface area contributed by atoms with Crippen molar-refractivity contribution in [1.29, 1.82) is 0 Å². The van der Waals surface area contributed by atoms with Crippen molar-refractivity contribution in [2.24, 2.45) is 11.8 Å². The zero-order valence-electron chi connectivity index (χ0n) is 19.6. The number of hydrogen-bond acceptors (Lipinski definition) is 5. The number of hydrogen-bond donors (Lipinski definition) is 1. The molecule has 2 aliphatic rings. The molecule has 2 aliphatic heterocycles. The lowest BCUT2D eigenvalue weighted by Crippen LogP contribution is -2.51. The van der Waals surface area contributed by atoms with E-state index in [0.717, 1.165) is 12.5 Å². The normalized spacial score (nSPS) is 22.7. The molecule has 192 valence electrons. The van der Waals surface area contributed by atoms with Gasteiger partial charge in [-0.25, -0.2) is 8.78 Å². The van der Waals surface area contributed by atoms with Gasteiger partial charge in [0.2, 0.25) is 5.91 Å². The molecule has 4 rings (SSSR count). The molecule has 0 bridgehead atoms. The van der Waals surface area contributed by atoms with E-state index in [9.17, 15) is 26.7 Å². The van der Waals surface area contributed by atoms with Crippen LogP contribution in [0.2, 0.25) is 0 Å². The first-order chi connectivity index (χ1) is 16.6. The molecule has 1 aromatic heterocycles. The van der Waals surface area contributed by atoms with Crippen molar-refractivity contribution in [1.82, 2.24) is 20.2 Å². The molecule has 1 N–H and O–H groups in total. The number of piperidine rings is 2. The van der Waals surface area contributed by atoms with Gasteiger partial charge in [-0.3, -0.25) is 19.7 Å². The number of carbonyl (C=O) groups is 1. The quantitative estimate of drug-likeness (QED) is 0.599. The van der Waals surface area contributed by atoms with Gasteiger partial charge in [0.1, 0.15) is 11.0 Å². The van der Waals surface area contributed by atoms with Gasteiger partial charge >= 0.3 is 6.18 Å². The molecule has 2 atom stereocenters. The third-order valence-electron chi connectivity index (χ3n) is 6.85. The zero-order chi connectivity index (χ0) is 25.2. The summed E-state index contributed by atoms with van der Waals surface area (Å²) in [7, 11) is 0. The summed E-state index contributed by atoms with van der Waals surface area (Å²) in [6.07, 6.45) is -1.71. The lowest BCUT2D eigenvalue weighted by Gasteiger charge is -2.39. The second-order valence-corrected chi connectivity index (χ2v) is 9.73. The van der Waals surface area contributed by atoms with Crippen LogP contribution in [0.25, 0.3) is 11.0 Å². The summed E-state index contributed by atoms with van der Waals surface area (Å²) < 4.78 is 65.5. The molecular formula is C24H30F5N5O. The van der Waals surface area contributed by atoms with Gasteiger partial charge in [-0.1, -0.05) is 6.92 Å². The Bertz CT molecular complexity index is 1030. The van der Waals surface area contributed by atoms with Gasteiger partial charge in [-0.05, 0) is 56.3 Å². The smallest absolute Gasteiger partial charge is 0.367 e. The highest BCUT2D eigenvalue weighted by atomic mass is 19.4. The number of nitrogens with zero attached hydrogens (tertiary/aromatic N) is 4. The Morgan fingerprint density at radius 3 is 2.46 bits per heavy atom. The summed E-state index contributed by atoms with van der Waals surface area (Å²) in [5.74, 6) is 0.296. The lowest BCUT2D eigenvalue weighted by atomic mass is 9.92. The summed E-state index contributed by atoms with van der Waals surface area (Å²) in [6, 6.07) is 2.32. The van der Waals surface area contributed by atoms with Crippen molar-refractivity contribution in [3.63, 3.8) is 0 Å². The third kappa shape index (κ3) is 6.36. The van der Waals surface area contributed by atoms with Crippen LogP contribution in [0.4, 0.5) is 27.6 Å².